The maximum Gasteiger partial charge on any atom is 0.173 e. The van der Waals surface area contributed by atoms with Gasteiger partial charge in [0.25, 0.3) is 0 Å². The maximum absolute atomic E-state index is 5.66. The number of hydrogen-bond donors (Lipinski definition) is 0. The molecule has 2 saturated carbocycles. The number of rotatable bonds is 7. The van der Waals surface area contributed by atoms with E-state index >= 15 is 0 Å². The van der Waals surface area contributed by atoms with E-state index < -0.39 is 0 Å². The van der Waals surface area contributed by atoms with E-state index in [-0.39, 0.29) is 6.04 Å². The average Bonchev–Trinajstić information content (AvgIpc) is 3.39. The van der Waals surface area contributed by atoms with Crippen molar-refractivity contribution in [2.24, 2.45) is 0 Å². The summed E-state index contributed by atoms with van der Waals surface area (Å²) in [5.41, 5.74) is 1.16. The van der Waals surface area contributed by atoms with Gasteiger partial charge in [-0.05, 0) is 53.8 Å². The Morgan fingerprint density at radius 3 is 2.09 bits per heavy atom. The molecular weight excluding hydrogens is 428 g/mol. The summed E-state index contributed by atoms with van der Waals surface area (Å²) in [4.78, 5) is 5.30. The van der Waals surface area contributed by atoms with Crippen molar-refractivity contribution in [1.82, 2.24) is 30.0 Å². The standard InChI is InChI=1S/C26H40N6O2/c1-33-23-14-13-20(19-24(23)34-2)25(26-27-28-29-32(26)22-11-7-4-8-12-22)31-17-15-30(16-18-31)21-9-5-3-6-10-21/h13-14,19,21-22,25H,3-12,15-18H2,1-2H3. The van der Waals surface area contributed by atoms with Gasteiger partial charge in [-0.1, -0.05) is 44.6 Å². The van der Waals surface area contributed by atoms with Crippen LogP contribution in [0.15, 0.2) is 18.2 Å². The van der Waals surface area contributed by atoms with E-state index in [0.29, 0.717) is 6.04 Å². The van der Waals surface area contributed by atoms with Crippen molar-refractivity contribution in [2.75, 3.05) is 40.4 Å². The van der Waals surface area contributed by atoms with Crippen molar-refractivity contribution in [3.63, 3.8) is 0 Å². The van der Waals surface area contributed by atoms with Crippen LogP contribution in [0.25, 0.3) is 0 Å². The van der Waals surface area contributed by atoms with Crippen LogP contribution in [0.2, 0.25) is 0 Å². The largest absolute Gasteiger partial charge is 0.493 e. The lowest BCUT2D eigenvalue weighted by Gasteiger charge is -2.43. The zero-order valence-corrected chi connectivity index (χ0v) is 20.9. The molecule has 186 valence electrons. The molecule has 3 fully saturated rings. The van der Waals surface area contributed by atoms with Crippen LogP contribution < -0.4 is 9.47 Å². The highest BCUT2D eigenvalue weighted by molar-refractivity contribution is 5.45. The van der Waals surface area contributed by atoms with E-state index in [1.807, 2.05) is 6.07 Å². The number of nitrogens with zero attached hydrogens (tertiary/aromatic N) is 6. The van der Waals surface area contributed by atoms with Crippen molar-refractivity contribution < 1.29 is 9.47 Å². The zero-order chi connectivity index (χ0) is 23.3. The fourth-order valence-electron chi connectivity index (χ4n) is 6.32. The summed E-state index contributed by atoms with van der Waals surface area (Å²) in [6.07, 6.45) is 13.0. The number of methoxy groups -OCH3 is 2. The number of ether oxygens (including phenoxy) is 2. The van der Waals surface area contributed by atoms with Crippen molar-refractivity contribution in [3.8, 4) is 11.5 Å². The van der Waals surface area contributed by atoms with Crippen LogP contribution in [-0.4, -0.2) is 76.4 Å². The van der Waals surface area contributed by atoms with Crippen LogP contribution >= 0.6 is 0 Å². The predicted molar refractivity (Wildman–Crippen MR) is 131 cm³/mol. The van der Waals surface area contributed by atoms with Gasteiger partial charge >= 0.3 is 0 Å². The molecule has 0 radical (unpaired) electrons. The molecule has 34 heavy (non-hydrogen) atoms. The Labute approximate surface area is 203 Å². The number of hydrogen-bond acceptors (Lipinski definition) is 7. The van der Waals surface area contributed by atoms with Gasteiger partial charge in [0.2, 0.25) is 0 Å². The molecule has 1 aromatic carbocycles. The summed E-state index contributed by atoms with van der Waals surface area (Å²) >= 11 is 0. The normalized spacial score (nSPS) is 22.5. The Balaban J connectivity index is 1.43. The van der Waals surface area contributed by atoms with Gasteiger partial charge in [-0.15, -0.1) is 5.10 Å². The third kappa shape index (κ3) is 4.93. The van der Waals surface area contributed by atoms with E-state index in [2.05, 4.69) is 42.1 Å². The van der Waals surface area contributed by atoms with Crippen molar-refractivity contribution >= 4 is 0 Å². The molecule has 3 aliphatic rings. The van der Waals surface area contributed by atoms with Crippen molar-refractivity contribution in [3.05, 3.63) is 29.6 Å². The Morgan fingerprint density at radius 2 is 1.44 bits per heavy atom. The minimum atomic E-state index is 0.00485. The average molecular weight is 469 g/mol. The summed E-state index contributed by atoms with van der Waals surface area (Å²) in [6.45, 7) is 4.26. The van der Waals surface area contributed by atoms with E-state index in [4.69, 9.17) is 9.47 Å². The highest BCUT2D eigenvalue weighted by atomic mass is 16.5. The molecule has 1 saturated heterocycles. The zero-order valence-electron chi connectivity index (χ0n) is 20.9. The first-order chi connectivity index (χ1) is 16.8. The Hall–Kier alpha value is -2.19. The summed E-state index contributed by atoms with van der Waals surface area (Å²) < 4.78 is 13.3. The molecule has 2 heterocycles. The quantitative estimate of drug-likeness (QED) is 0.602. The molecule has 1 unspecified atom stereocenters. The molecule has 0 bridgehead atoms. The van der Waals surface area contributed by atoms with Crippen LogP contribution in [0.3, 0.4) is 0 Å². The molecule has 8 nitrogen and oxygen atoms in total. The van der Waals surface area contributed by atoms with Crippen LogP contribution in [0.4, 0.5) is 0 Å². The smallest absolute Gasteiger partial charge is 0.173 e. The minimum Gasteiger partial charge on any atom is -0.493 e. The molecule has 1 aromatic heterocycles. The molecular formula is C26H40N6O2. The van der Waals surface area contributed by atoms with Gasteiger partial charge in [-0.25, -0.2) is 4.68 Å². The van der Waals surface area contributed by atoms with Gasteiger partial charge in [0.1, 0.15) is 0 Å². The van der Waals surface area contributed by atoms with E-state index in [0.717, 1.165) is 67.9 Å². The third-order valence-corrected chi connectivity index (χ3v) is 8.21. The lowest BCUT2D eigenvalue weighted by molar-refractivity contribution is 0.0612. The van der Waals surface area contributed by atoms with Crippen LogP contribution in [0.1, 0.15) is 87.7 Å². The van der Waals surface area contributed by atoms with Crippen LogP contribution in [0.5, 0.6) is 11.5 Å². The molecule has 1 aliphatic heterocycles. The summed E-state index contributed by atoms with van der Waals surface area (Å²) in [5.74, 6) is 2.46. The summed E-state index contributed by atoms with van der Waals surface area (Å²) in [6, 6.07) is 7.43. The van der Waals surface area contributed by atoms with Gasteiger partial charge in [0.15, 0.2) is 17.3 Å². The predicted octanol–water partition coefficient (Wildman–Crippen LogP) is 4.24. The van der Waals surface area contributed by atoms with Crippen molar-refractivity contribution in [2.45, 2.75) is 82.3 Å². The third-order valence-electron chi connectivity index (χ3n) is 8.21. The van der Waals surface area contributed by atoms with E-state index in [9.17, 15) is 0 Å². The van der Waals surface area contributed by atoms with Crippen molar-refractivity contribution in [1.29, 1.82) is 0 Å². The molecule has 0 N–H and O–H groups in total. The highest BCUT2D eigenvalue weighted by Crippen LogP contribution is 2.37. The van der Waals surface area contributed by atoms with Gasteiger partial charge < -0.3 is 9.47 Å². The monoisotopic (exact) mass is 468 g/mol. The number of piperazine rings is 1. The summed E-state index contributed by atoms with van der Waals surface area (Å²) in [5, 5.41) is 13.3. The number of tetrazole rings is 1. The lowest BCUT2D eigenvalue weighted by atomic mass is 9.93. The molecule has 1 atom stereocenters. The minimum absolute atomic E-state index is 0.00485. The lowest BCUT2D eigenvalue weighted by Crippen LogP contribution is -2.52. The first kappa shape index (κ1) is 23.5. The first-order valence-corrected chi connectivity index (χ1v) is 13.3. The van der Waals surface area contributed by atoms with Gasteiger partial charge in [-0.3, -0.25) is 9.80 Å². The number of aromatic nitrogens is 4. The molecule has 5 rings (SSSR count). The van der Waals surface area contributed by atoms with Gasteiger partial charge in [0.05, 0.1) is 26.3 Å². The fraction of sp³-hybridized carbons (Fsp3) is 0.731. The van der Waals surface area contributed by atoms with E-state index in [1.54, 1.807) is 14.2 Å². The van der Waals surface area contributed by atoms with Gasteiger partial charge in [-0.2, -0.15) is 0 Å². The highest BCUT2D eigenvalue weighted by Gasteiger charge is 2.34. The summed E-state index contributed by atoms with van der Waals surface area (Å²) in [7, 11) is 3.38. The SMILES string of the molecule is COc1ccc(C(c2nnnn2C2CCCCC2)N2CCN(C3CCCCC3)CC2)cc1OC. The first-order valence-electron chi connectivity index (χ1n) is 13.3. The second-order valence-electron chi connectivity index (χ2n) is 10.2. The molecule has 8 heteroatoms. The molecule has 0 amide bonds. The van der Waals surface area contributed by atoms with Crippen LogP contribution in [-0.2, 0) is 0 Å². The topological polar surface area (TPSA) is 68.5 Å². The maximum atomic E-state index is 5.66. The molecule has 0 spiro atoms. The molecule has 2 aliphatic carbocycles. The molecule has 2 aromatic rings. The van der Waals surface area contributed by atoms with Gasteiger partial charge in [0, 0.05) is 32.2 Å². The Morgan fingerprint density at radius 1 is 0.794 bits per heavy atom. The van der Waals surface area contributed by atoms with E-state index in [1.165, 1.54) is 51.4 Å². The second-order valence-corrected chi connectivity index (χ2v) is 10.2. The Kier molecular flexibility index (Phi) is 7.64. The second kappa shape index (κ2) is 11.0. The van der Waals surface area contributed by atoms with Crippen LogP contribution in [0, 0.1) is 0 Å². The fourth-order valence-corrected chi connectivity index (χ4v) is 6.32. The Bertz CT molecular complexity index is 914. The number of benzene rings is 1.